The lowest BCUT2D eigenvalue weighted by molar-refractivity contribution is 0.0780. The van der Waals surface area contributed by atoms with Gasteiger partial charge in [0, 0.05) is 31.7 Å². The standard InChI is InChI=1S/C16H20N2O.ClH/c19-16(18-9-13-2-1-3-14(13)10-18)11-4-5-12-7-17-8-15(12)6-11;/h4-6,13-14,17H,1-3,7-10H2;1H. The van der Waals surface area contributed by atoms with E-state index in [0.29, 0.717) is 0 Å². The molecule has 108 valence electrons. The third kappa shape index (κ3) is 2.23. The highest BCUT2D eigenvalue weighted by molar-refractivity contribution is 5.94. The van der Waals surface area contributed by atoms with Gasteiger partial charge in [-0.05, 0) is 47.9 Å². The Labute approximate surface area is 126 Å². The van der Waals surface area contributed by atoms with Gasteiger partial charge in [0.15, 0.2) is 0 Å². The largest absolute Gasteiger partial charge is 0.338 e. The molecule has 20 heavy (non-hydrogen) atoms. The minimum atomic E-state index is 0. The molecular weight excluding hydrogens is 272 g/mol. The quantitative estimate of drug-likeness (QED) is 0.863. The third-order valence-corrected chi connectivity index (χ3v) is 5.10. The molecule has 0 radical (unpaired) electrons. The van der Waals surface area contributed by atoms with Crippen LogP contribution in [0.5, 0.6) is 0 Å². The first-order valence-electron chi connectivity index (χ1n) is 7.43. The molecule has 1 saturated carbocycles. The van der Waals surface area contributed by atoms with Crippen LogP contribution in [0, 0.1) is 11.8 Å². The Kier molecular flexibility index (Phi) is 3.74. The summed E-state index contributed by atoms with van der Waals surface area (Å²) in [4.78, 5) is 14.7. The Morgan fingerprint density at radius 1 is 1.10 bits per heavy atom. The van der Waals surface area contributed by atoms with E-state index >= 15 is 0 Å². The Hall–Kier alpha value is -1.06. The van der Waals surface area contributed by atoms with Gasteiger partial charge in [-0.2, -0.15) is 0 Å². The number of likely N-dealkylation sites (tertiary alicyclic amines) is 1. The van der Waals surface area contributed by atoms with Crippen LogP contribution in [0.15, 0.2) is 18.2 Å². The van der Waals surface area contributed by atoms with Crippen molar-refractivity contribution in [1.29, 1.82) is 0 Å². The van der Waals surface area contributed by atoms with Crippen LogP contribution >= 0.6 is 12.4 Å². The number of hydrogen-bond donors (Lipinski definition) is 1. The van der Waals surface area contributed by atoms with Crippen molar-refractivity contribution in [2.75, 3.05) is 13.1 Å². The van der Waals surface area contributed by atoms with Crippen LogP contribution in [0.3, 0.4) is 0 Å². The van der Waals surface area contributed by atoms with Crippen LogP contribution in [0.2, 0.25) is 0 Å². The zero-order valence-corrected chi connectivity index (χ0v) is 12.4. The summed E-state index contributed by atoms with van der Waals surface area (Å²) >= 11 is 0. The number of fused-ring (bicyclic) bond motifs is 2. The highest BCUT2D eigenvalue weighted by Crippen LogP contribution is 2.38. The number of halogens is 1. The van der Waals surface area contributed by atoms with E-state index in [1.165, 1.54) is 30.4 Å². The summed E-state index contributed by atoms with van der Waals surface area (Å²) < 4.78 is 0. The fourth-order valence-corrected chi connectivity index (χ4v) is 4.01. The van der Waals surface area contributed by atoms with Crippen molar-refractivity contribution in [3.05, 3.63) is 34.9 Å². The predicted octanol–water partition coefficient (Wildman–Crippen LogP) is 2.58. The molecular formula is C16H21ClN2O. The Bertz CT molecular complexity index is 519. The molecule has 1 amide bonds. The average molecular weight is 293 g/mol. The molecule has 4 rings (SSSR count). The predicted molar refractivity (Wildman–Crippen MR) is 81.0 cm³/mol. The molecule has 3 aliphatic rings. The van der Waals surface area contributed by atoms with E-state index in [2.05, 4.69) is 22.3 Å². The fourth-order valence-electron chi connectivity index (χ4n) is 4.01. The van der Waals surface area contributed by atoms with Crippen LogP contribution in [0.4, 0.5) is 0 Å². The topological polar surface area (TPSA) is 32.3 Å². The summed E-state index contributed by atoms with van der Waals surface area (Å²) in [7, 11) is 0. The summed E-state index contributed by atoms with van der Waals surface area (Å²) in [5, 5.41) is 3.33. The molecule has 0 bridgehead atoms. The first-order valence-corrected chi connectivity index (χ1v) is 7.43. The Morgan fingerprint density at radius 3 is 2.55 bits per heavy atom. The molecule has 2 fully saturated rings. The van der Waals surface area contributed by atoms with Gasteiger partial charge in [-0.1, -0.05) is 12.5 Å². The van der Waals surface area contributed by atoms with Gasteiger partial charge >= 0.3 is 0 Å². The Balaban J connectivity index is 0.00000121. The lowest BCUT2D eigenvalue weighted by Gasteiger charge is -2.17. The molecule has 2 unspecified atom stereocenters. The van der Waals surface area contributed by atoms with Gasteiger partial charge in [0.05, 0.1) is 0 Å². The lowest BCUT2D eigenvalue weighted by Crippen LogP contribution is -2.29. The lowest BCUT2D eigenvalue weighted by atomic mass is 10.0. The van der Waals surface area contributed by atoms with E-state index in [1.54, 1.807) is 0 Å². The first-order chi connectivity index (χ1) is 9.31. The highest BCUT2D eigenvalue weighted by Gasteiger charge is 2.38. The third-order valence-electron chi connectivity index (χ3n) is 5.10. The van der Waals surface area contributed by atoms with Gasteiger partial charge in [0.2, 0.25) is 0 Å². The van der Waals surface area contributed by atoms with E-state index in [1.807, 2.05) is 6.07 Å². The van der Waals surface area contributed by atoms with Crippen molar-refractivity contribution >= 4 is 18.3 Å². The molecule has 0 spiro atoms. The fraction of sp³-hybridized carbons (Fsp3) is 0.562. The maximum Gasteiger partial charge on any atom is 0.253 e. The summed E-state index contributed by atoms with van der Waals surface area (Å²) in [6, 6.07) is 6.20. The molecule has 2 atom stereocenters. The molecule has 2 aliphatic heterocycles. The van der Waals surface area contributed by atoms with E-state index < -0.39 is 0 Å². The van der Waals surface area contributed by atoms with Gasteiger partial charge in [-0.25, -0.2) is 0 Å². The van der Waals surface area contributed by atoms with Gasteiger partial charge in [-0.3, -0.25) is 4.79 Å². The summed E-state index contributed by atoms with van der Waals surface area (Å²) in [5.74, 6) is 1.80. The molecule has 4 heteroatoms. The van der Waals surface area contributed by atoms with Crippen molar-refractivity contribution in [2.45, 2.75) is 32.4 Å². The smallest absolute Gasteiger partial charge is 0.253 e. The van der Waals surface area contributed by atoms with Gasteiger partial charge < -0.3 is 10.2 Å². The second kappa shape index (κ2) is 5.38. The molecule has 1 saturated heterocycles. The second-order valence-corrected chi connectivity index (χ2v) is 6.25. The van der Waals surface area contributed by atoms with Crippen LogP contribution in [0.1, 0.15) is 40.7 Å². The molecule has 1 aliphatic carbocycles. The monoisotopic (exact) mass is 292 g/mol. The second-order valence-electron chi connectivity index (χ2n) is 6.25. The van der Waals surface area contributed by atoms with Crippen molar-refractivity contribution < 1.29 is 4.79 Å². The molecule has 1 aromatic rings. The van der Waals surface area contributed by atoms with E-state index in [9.17, 15) is 4.79 Å². The minimum Gasteiger partial charge on any atom is -0.338 e. The number of carbonyl (C=O) groups is 1. The van der Waals surface area contributed by atoms with Crippen LogP contribution in [0.25, 0.3) is 0 Å². The van der Waals surface area contributed by atoms with Crippen LogP contribution < -0.4 is 5.32 Å². The number of nitrogens with zero attached hydrogens (tertiary/aromatic N) is 1. The molecule has 2 heterocycles. The number of rotatable bonds is 1. The van der Waals surface area contributed by atoms with Crippen molar-refractivity contribution in [3.8, 4) is 0 Å². The van der Waals surface area contributed by atoms with Crippen molar-refractivity contribution in [3.63, 3.8) is 0 Å². The SMILES string of the molecule is Cl.O=C(c1ccc2c(c1)CNC2)N1CC2CCCC2C1. The normalized spacial score (nSPS) is 27.1. The maximum atomic E-state index is 12.6. The summed E-state index contributed by atoms with van der Waals surface area (Å²) in [5.41, 5.74) is 3.52. The van der Waals surface area contributed by atoms with E-state index in [-0.39, 0.29) is 18.3 Å². The number of carbonyl (C=O) groups excluding carboxylic acids is 1. The summed E-state index contributed by atoms with van der Waals surface area (Å²) in [6.45, 7) is 3.82. The van der Waals surface area contributed by atoms with E-state index in [4.69, 9.17) is 0 Å². The average Bonchev–Trinajstić information content (AvgIpc) is 3.11. The zero-order valence-electron chi connectivity index (χ0n) is 11.6. The van der Waals surface area contributed by atoms with E-state index in [0.717, 1.165) is 43.6 Å². The van der Waals surface area contributed by atoms with Crippen LogP contribution in [-0.4, -0.2) is 23.9 Å². The van der Waals surface area contributed by atoms with Crippen molar-refractivity contribution in [2.24, 2.45) is 11.8 Å². The molecule has 1 aromatic carbocycles. The molecule has 1 N–H and O–H groups in total. The maximum absolute atomic E-state index is 12.6. The number of nitrogens with one attached hydrogen (secondary N) is 1. The number of benzene rings is 1. The van der Waals surface area contributed by atoms with Crippen LogP contribution in [-0.2, 0) is 13.1 Å². The highest BCUT2D eigenvalue weighted by atomic mass is 35.5. The van der Waals surface area contributed by atoms with Gasteiger partial charge in [-0.15, -0.1) is 12.4 Å². The molecule has 0 aromatic heterocycles. The number of amides is 1. The Morgan fingerprint density at radius 2 is 1.80 bits per heavy atom. The summed E-state index contributed by atoms with van der Waals surface area (Å²) in [6.07, 6.45) is 4.01. The van der Waals surface area contributed by atoms with Crippen molar-refractivity contribution in [1.82, 2.24) is 10.2 Å². The number of hydrogen-bond acceptors (Lipinski definition) is 2. The molecule has 3 nitrogen and oxygen atoms in total. The zero-order chi connectivity index (χ0) is 12.8. The van der Waals surface area contributed by atoms with Gasteiger partial charge in [0.1, 0.15) is 0 Å². The van der Waals surface area contributed by atoms with Gasteiger partial charge in [0.25, 0.3) is 5.91 Å². The first kappa shape index (κ1) is 13.9. The minimum absolute atomic E-state index is 0.